The van der Waals surface area contributed by atoms with Gasteiger partial charge in [-0.2, -0.15) is 0 Å². The van der Waals surface area contributed by atoms with E-state index in [0.29, 0.717) is 13.0 Å². The van der Waals surface area contributed by atoms with Gasteiger partial charge in [-0.15, -0.1) is 0 Å². The fraction of sp³-hybridized carbons (Fsp3) is 0.857. The van der Waals surface area contributed by atoms with Crippen LogP contribution in [0.4, 0.5) is 0 Å². The number of hydrogen-bond acceptors (Lipinski definition) is 3. The lowest BCUT2D eigenvalue weighted by Gasteiger charge is -2.35. The molecule has 1 aliphatic heterocycles. The van der Waals surface area contributed by atoms with Crippen LogP contribution in [0.15, 0.2) is 0 Å². The summed E-state index contributed by atoms with van der Waals surface area (Å²) in [5.41, 5.74) is 0. The minimum atomic E-state index is -0.415. The molecule has 110 valence electrons. The number of ether oxygens (including phenoxy) is 1. The molecule has 0 saturated carbocycles. The second-order valence-electron chi connectivity index (χ2n) is 5.53. The van der Waals surface area contributed by atoms with Crippen molar-refractivity contribution in [3.05, 3.63) is 0 Å². The normalized spacial score (nSPS) is 27.7. The van der Waals surface area contributed by atoms with Crippen molar-refractivity contribution in [3.63, 3.8) is 0 Å². The minimum Gasteiger partial charge on any atom is -0.383 e. The summed E-state index contributed by atoms with van der Waals surface area (Å²) in [6, 6.07) is -0.528. The standard InChI is InChI=1S/C14H26N2O3/c1-6-9(2)13-14(18)16(11(4)8-19-5)10(3)7-12(17)15-13/h9-11,13H,6-8H2,1-5H3,(H,15,17). The lowest BCUT2D eigenvalue weighted by molar-refractivity contribution is -0.139. The second kappa shape index (κ2) is 6.89. The van der Waals surface area contributed by atoms with Crippen molar-refractivity contribution in [3.8, 4) is 0 Å². The van der Waals surface area contributed by atoms with E-state index in [1.807, 2.05) is 27.7 Å². The summed E-state index contributed by atoms with van der Waals surface area (Å²) in [6.45, 7) is 8.39. The Balaban J connectivity index is 2.99. The number of carbonyl (C=O) groups excluding carboxylic acids is 2. The third kappa shape index (κ3) is 3.69. The smallest absolute Gasteiger partial charge is 0.245 e. The van der Waals surface area contributed by atoms with Gasteiger partial charge in [0, 0.05) is 19.6 Å². The largest absolute Gasteiger partial charge is 0.383 e. The predicted octanol–water partition coefficient (Wildman–Crippen LogP) is 1.17. The fourth-order valence-corrected chi connectivity index (χ4v) is 2.63. The molecule has 1 rings (SSSR count). The Kier molecular flexibility index (Phi) is 5.79. The van der Waals surface area contributed by atoms with Gasteiger partial charge < -0.3 is 15.0 Å². The zero-order valence-corrected chi connectivity index (χ0v) is 12.6. The summed E-state index contributed by atoms with van der Waals surface area (Å²) in [4.78, 5) is 26.4. The summed E-state index contributed by atoms with van der Waals surface area (Å²) in [7, 11) is 1.62. The zero-order chi connectivity index (χ0) is 14.6. The first-order valence-electron chi connectivity index (χ1n) is 7.02. The van der Waals surface area contributed by atoms with Gasteiger partial charge in [-0.25, -0.2) is 0 Å². The maximum Gasteiger partial charge on any atom is 0.245 e. The topological polar surface area (TPSA) is 58.6 Å². The zero-order valence-electron chi connectivity index (χ0n) is 12.6. The molecule has 1 aliphatic rings. The van der Waals surface area contributed by atoms with Gasteiger partial charge in [0.05, 0.1) is 12.6 Å². The molecule has 1 N–H and O–H groups in total. The quantitative estimate of drug-likeness (QED) is 0.816. The van der Waals surface area contributed by atoms with Crippen molar-refractivity contribution >= 4 is 11.8 Å². The molecule has 1 saturated heterocycles. The molecule has 1 heterocycles. The average Bonchev–Trinajstić information content (AvgIpc) is 2.45. The van der Waals surface area contributed by atoms with Crippen molar-refractivity contribution in [1.82, 2.24) is 10.2 Å². The fourth-order valence-electron chi connectivity index (χ4n) is 2.63. The molecule has 0 radical (unpaired) electrons. The molecular weight excluding hydrogens is 244 g/mol. The third-order valence-corrected chi connectivity index (χ3v) is 3.89. The highest BCUT2D eigenvalue weighted by molar-refractivity contribution is 5.90. The van der Waals surface area contributed by atoms with E-state index >= 15 is 0 Å². The monoisotopic (exact) mass is 270 g/mol. The molecule has 0 aromatic carbocycles. The number of amides is 2. The number of hydrogen-bond donors (Lipinski definition) is 1. The van der Waals surface area contributed by atoms with Crippen molar-refractivity contribution in [2.75, 3.05) is 13.7 Å². The first-order valence-corrected chi connectivity index (χ1v) is 7.02. The van der Waals surface area contributed by atoms with Crippen LogP contribution in [0.25, 0.3) is 0 Å². The molecule has 0 aromatic heterocycles. The van der Waals surface area contributed by atoms with E-state index in [-0.39, 0.29) is 29.8 Å². The predicted molar refractivity (Wildman–Crippen MR) is 73.6 cm³/mol. The maximum atomic E-state index is 12.7. The molecule has 4 unspecified atom stereocenters. The highest BCUT2D eigenvalue weighted by atomic mass is 16.5. The van der Waals surface area contributed by atoms with Gasteiger partial charge in [0.25, 0.3) is 0 Å². The molecule has 5 heteroatoms. The minimum absolute atomic E-state index is 0.0113. The van der Waals surface area contributed by atoms with E-state index in [4.69, 9.17) is 4.74 Å². The third-order valence-electron chi connectivity index (χ3n) is 3.89. The first-order chi connectivity index (χ1) is 8.92. The molecule has 1 fully saturated rings. The molecule has 5 nitrogen and oxygen atoms in total. The number of methoxy groups -OCH3 is 1. The lowest BCUT2D eigenvalue weighted by atomic mass is 9.97. The highest BCUT2D eigenvalue weighted by Crippen LogP contribution is 2.20. The molecule has 0 aromatic rings. The van der Waals surface area contributed by atoms with Crippen LogP contribution in [-0.4, -0.2) is 48.6 Å². The molecular formula is C14H26N2O3. The Labute approximate surface area is 115 Å². The summed E-state index contributed by atoms with van der Waals surface area (Å²) >= 11 is 0. The van der Waals surface area contributed by atoms with Gasteiger partial charge in [-0.1, -0.05) is 20.3 Å². The lowest BCUT2D eigenvalue weighted by Crippen LogP contribution is -2.53. The number of nitrogens with one attached hydrogen (secondary N) is 1. The number of carbonyl (C=O) groups is 2. The van der Waals surface area contributed by atoms with Crippen LogP contribution < -0.4 is 5.32 Å². The number of nitrogens with zero attached hydrogens (tertiary/aromatic N) is 1. The van der Waals surface area contributed by atoms with E-state index in [1.165, 1.54) is 0 Å². The Morgan fingerprint density at radius 1 is 1.42 bits per heavy atom. The first kappa shape index (κ1) is 16.0. The molecule has 19 heavy (non-hydrogen) atoms. The Hall–Kier alpha value is -1.10. The van der Waals surface area contributed by atoms with Crippen LogP contribution in [0.3, 0.4) is 0 Å². The van der Waals surface area contributed by atoms with E-state index in [9.17, 15) is 9.59 Å². The van der Waals surface area contributed by atoms with Gasteiger partial charge in [-0.3, -0.25) is 9.59 Å². The van der Waals surface area contributed by atoms with Crippen molar-refractivity contribution < 1.29 is 14.3 Å². The molecule has 4 atom stereocenters. The van der Waals surface area contributed by atoms with E-state index in [1.54, 1.807) is 12.0 Å². The van der Waals surface area contributed by atoms with Gasteiger partial charge >= 0.3 is 0 Å². The molecule has 0 bridgehead atoms. The molecule has 0 aliphatic carbocycles. The molecule has 2 amide bonds. The summed E-state index contributed by atoms with van der Waals surface area (Å²) in [5.74, 6) is 0.106. The Morgan fingerprint density at radius 2 is 2.05 bits per heavy atom. The summed E-state index contributed by atoms with van der Waals surface area (Å²) < 4.78 is 5.14. The van der Waals surface area contributed by atoms with Gasteiger partial charge in [0.2, 0.25) is 11.8 Å². The van der Waals surface area contributed by atoms with Crippen LogP contribution in [0, 0.1) is 5.92 Å². The van der Waals surface area contributed by atoms with E-state index in [2.05, 4.69) is 5.32 Å². The number of rotatable bonds is 5. The Morgan fingerprint density at radius 3 is 2.58 bits per heavy atom. The summed E-state index contributed by atoms with van der Waals surface area (Å²) in [6.07, 6.45) is 1.21. The van der Waals surface area contributed by atoms with Crippen molar-refractivity contribution in [2.24, 2.45) is 5.92 Å². The van der Waals surface area contributed by atoms with Crippen LogP contribution in [0.1, 0.15) is 40.5 Å². The van der Waals surface area contributed by atoms with Crippen molar-refractivity contribution in [1.29, 1.82) is 0 Å². The van der Waals surface area contributed by atoms with Crippen LogP contribution in [-0.2, 0) is 14.3 Å². The van der Waals surface area contributed by atoms with Crippen LogP contribution >= 0.6 is 0 Å². The van der Waals surface area contributed by atoms with Crippen LogP contribution in [0.2, 0.25) is 0 Å². The SMILES string of the molecule is CCC(C)C1NC(=O)CC(C)N(C(C)COC)C1=O. The van der Waals surface area contributed by atoms with Gasteiger partial charge in [-0.05, 0) is 19.8 Å². The van der Waals surface area contributed by atoms with Crippen LogP contribution in [0.5, 0.6) is 0 Å². The maximum absolute atomic E-state index is 12.7. The average molecular weight is 270 g/mol. The van der Waals surface area contributed by atoms with E-state index < -0.39 is 6.04 Å². The van der Waals surface area contributed by atoms with Gasteiger partial charge in [0.15, 0.2) is 0 Å². The second-order valence-corrected chi connectivity index (χ2v) is 5.53. The van der Waals surface area contributed by atoms with Gasteiger partial charge in [0.1, 0.15) is 6.04 Å². The highest BCUT2D eigenvalue weighted by Gasteiger charge is 2.38. The van der Waals surface area contributed by atoms with E-state index in [0.717, 1.165) is 6.42 Å². The Bertz CT molecular complexity index is 333. The molecule has 0 spiro atoms. The van der Waals surface area contributed by atoms with Crippen molar-refractivity contribution in [2.45, 2.75) is 58.7 Å². The summed E-state index contributed by atoms with van der Waals surface area (Å²) in [5, 5.41) is 2.87.